The molecule has 15 atom stereocenters. The number of aromatic nitrogens is 8. The minimum Gasteiger partial charge on any atom is -1.00 e. The number of nitrogens with zero attached hydrogens (tertiary/aromatic N) is 8. The van der Waals surface area contributed by atoms with Crippen LogP contribution in [0.15, 0.2) is 152 Å². The molecule has 4 aromatic carbocycles. The van der Waals surface area contributed by atoms with E-state index < -0.39 is 63.9 Å². The number of anilines is 4. The van der Waals surface area contributed by atoms with Crippen LogP contribution >= 0.6 is 154 Å². The zero-order valence-electron chi connectivity index (χ0n) is 79.0. The minimum absolute atomic E-state index is 0. The summed E-state index contributed by atoms with van der Waals surface area (Å²) in [5, 5.41) is 79.0. The molecule has 16 rings (SSSR count). The molecular formula is C99H107Br2Cl8F4MgN13O14S5. The Morgan fingerprint density at radius 3 is 1.03 bits per heavy atom. The van der Waals surface area contributed by atoms with Gasteiger partial charge in [-0.3, -0.25) is 28.2 Å². The molecule has 4 aliphatic carbocycles. The van der Waals surface area contributed by atoms with E-state index in [-0.39, 0.29) is 209 Å². The molecule has 8 heterocycles. The monoisotopic (exact) mass is 2400 g/mol. The van der Waals surface area contributed by atoms with E-state index in [1.165, 1.54) is 135 Å². The van der Waals surface area contributed by atoms with Gasteiger partial charge in [0.25, 0.3) is 0 Å². The molecule has 4 fully saturated rings. The Hall–Kier alpha value is -7.05. The topological polar surface area (TPSA) is 427 Å². The van der Waals surface area contributed by atoms with Crippen LogP contribution in [0.2, 0.25) is 37.4 Å². The molecule has 8 aromatic heterocycles. The van der Waals surface area contributed by atoms with E-state index >= 15 is 0 Å². The van der Waals surface area contributed by atoms with Gasteiger partial charge in [-0.05, 0) is 207 Å². The van der Waals surface area contributed by atoms with E-state index in [0.717, 1.165) is 109 Å². The van der Waals surface area contributed by atoms with Crippen molar-refractivity contribution in [3.05, 3.63) is 299 Å². The van der Waals surface area contributed by atoms with Crippen LogP contribution in [0.3, 0.4) is 0 Å². The van der Waals surface area contributed by atoms with E-state index in [1.54, 1.807) is 6.92 Å². The Kier molecular flexibility index (Phi) is 51.6. The molecule has 4 saturated carbocycles. The Morgan fingerprint density at radius 2 is 0.753 bits per heavy atom. The zero-order chi connectivity index (χ0) is 105. The van der Waals surface area contributed by atoms with Crippen molar-refractivity contribution in [3.8, 4) is 0 Å². The van der Waals surface area contributed by atoms with Gasteiger partial charge in [0.05, 0.1) is 72.0 Å². The summed E-state index contributed by atoms with van der Waals surface area (Å²) < 4.78 is 83.0. The van der Waals surface area contributed by atoms with Crippen LogP contribution in [0.5, 0.6) is 0 Å². The molecule has 0 saturated heterocycles. The maximum Gasteiger partial charge on any atom is 2.00 e. The van der Waals surface area contributed by atoms with Crippen molar-refractivity contribution in [2.75, 3.05) is 41.1 Å². The molecule has 3 unspecified atom stereocenters. The summed E-state index contributed by atoms with van der Waals surface area (Å²) in [6.07, 6.45) is 17.5. The number of rotatable bonds is 29. The maximum absolute atomic E-state index is 14.3. The number of nitrogens with two attached hydrogens (primary N) is 1. The minimum atomic E-state index is -4.14. The number of nitrogens with one attached hydrogen (secondary N) is 4. The largest absolute Gasteiger partial charge is 2.00 e. The van der Waals surface area contributed by atoms with Crippen molar-refractivity contribution in [2.24, 2.45) is 46.6 Å². The van der Waals surface area contributed by atoms with Gasteiger partial charge in [-0.2, -0.15) is 22.3 Å². The first-order valence-electron chi connectivity index (χ1n) is 44.9. The number of hydrogen-bond donors (Lipinski definition) is 11. The fourth-order valence-electron chi connectivity index (χ4n) is 16.8. The fourth-order valence-corrected chi connectivity index (χ4v) is 23.4. The molecule has 12 aromatic rings. The number of carbonyl (C=O) groups excluding carboxylic acids is 5. The van der Waals surface area contributed by atoms with Gasteiger partial charge < -0.3 is 75.3 Å². The van der Waals surface area contributed by atoms with Crippen LogP contribution in [0.4, 0.5) is 40.8 Å². The number of ketones is 4. The predicted octanol–water partition coefficient (Wildman–Crippen LogP) is 20.9. The number of benzene rings is 4. The summed E-state index contributed by atoms with van der Waals surface area (Å²) in [5.41, 5.74) is 1.92. The molecule has 0 bridgehead atoms. The first-order valence-corrected chi connectivity index (χ1v) is 53.5. The van der Waals surface area contributed by atoms with Crippen LogP contribution in [0.25, 0.3) is 0 Å². The van der Waals surface area contributed by atoms with E-state index in [1.807, 2.05) is 20.3 Å². The summed E-state index contributed by atoms with van der Waals surface area (Å²) in [4.78, 5) is 97.8. The van der Waals surface area contributed by atoms with Gasteiger partial charge in [-0.15, -0.1) is 45.3 Å². The molecule has 4 aliphatic rings. The second-order valence-corrected chi connectivity index (χ2v) is 44.6. The Balaban J connectivity index is 0.000000251. The van der Waals surface area contributed by atoms with Crippen LogP contribution < -0.4 is 43.4 Å². The fraction of sp³-hybridized carbons (Fsp3) is 0.374. The van der Waals surface area contributed by atoms with Crippen molar-refractivity contribution in [1.82, 2.24) is 39.9 Å². The number of aldehydes is 1. The maximum atomic E-state index is 14.3. The molecule has 27 nitrogen and oxygen atoms in total. The van der Waals surface area contributed by atoms with Gasteiger partial charge in [0.15, 0.2) is 6.29 Å². The molecule has 12 N–H and O–H groups in total. The number of aliphatic hydroxyl groups is 6. The third-order valence-electron chi connectivity index (χ3n) is 24.1. The number of carbonyl (C=O) groups is 5. The van der Waals surface area contributed by atoms with E-state index in [9.17, 15) is 75.5 Å². The molecule has 146 heavy (non-hydrogen) atoms. The van der Waals surface area contributed by atoms with Gasteiger partial charge in [0.1, 0.15) is 94.5 Å². The first-order chi connectivity index (χ1) is 68.0. The molecule has 0 spiro atoms. The van der Waals surface area contributed by atoms with Crippen LogP contribution in [-0.2, 0) is 14.5 Å². The van der Waals surface area contributed by atoms with Gasteiger partial charge >= 0.3 is 33.4 Å². The summed E-state index contributed by atoms with van der Waals surface area (Å²) in [6.45, 7) is 16.8. The smallest absolute Gasteiger partial charge is 1.00 e. The normalized spacial score (nSPS) is 19.6. The summed E-state index contributed by atoms with van der Waals surface area (Å²) >= 11 is 55.3. The van der Waals surface area contributed by atoms with Gasteiger partial charge in [-0.25, -0.2) is 62.6 Å². The Labute approximate surface area is 935 Å². The van der Waals surface area contributed by atoms with Crippen molar-refractivity contribution in [1.29, 1.82) is 0 Å². The number of halogens is 14. The molecule has 0 amide bonds. The van der Waals surface area contributed by atoms with Crippen molar-refractivity contribution >= 4 is 240 Å². The average molecular weight is 2410 g/mol. The number of aliphatic hydroxyl groups excluding tert-OH is 6. The number of thiophene rings is 4. The van der Waals surface area contributed by atoms with E-state index in [2.05, 4.69) is 116 Å². The summed E-state index contributed by atoms with van der Waals surface area (Å²) in [6, 6.07) is 22.0. The summed E-state index contributed by atoms with van der Waals surface area (Å²) in [5.74, 6) is 0.717. The van der Waals surface area contributed by atoms with E-state index in [0.29, 0.717) is 106 Å². The van der Waals surface area contributed by atoms with Crippen LogP contribution in [-0.4, -0.2) is 181 Å². The molecular weight excluding hydrogens is 2300 g/mol. The summed E-state index contributed by atoms with van der Waals surface area (Å²) in [7, 11) is -4.14. The SMILES string of the molecule is C.CCO.CC[C@H]1C[C@@H](Nc2ncncc2C(=O)c2cc(C(O)c3cc(Cl)ccc3F)c(Cl)s2)C[C@@H]1C.CC[C@H]1C[C@@H](Nc2ncncc2C(=O)c2cc(C=O)c(Cl)s2)C[C@@H]1C.C[C@H]1C[C@H](Nc2ncncc2C(=O)c2cc(C(O)c3cc(Cl)ccc3F)c(Cl)s2)C[C@@H]1CO.C[CH-]C.Fc1ccc(Cl)cc1Br.NS(=O)(=O)OC[C@H]1C[C@@H](Nc2ncncc2C(=O)c2cc(C(O)c3cc(Cl)ccc3F)c(Cl)s2)C[C@@H]1O.[Br-].[Mg+2]. The standard InChI is InChI=1S/C24H24Cl2FN3O2S.C23H22Cl2FN3O3S.C22H21Cl2FN4O6S2.C18H20ClN3O2S.C6H3BrClF.C3H7.C2H6O.CH4.BrH.Mg/c1-3-13-7-15(6-12(13)2)30-24-18(10-28-11-29-24)22(32)20-9-17(23(26)33-20)21(31)16-8-14(25)4-5-19(16)27;1-11-4-14(5-12(11)9-30)29-23-17(8-27-10-28-23)21(32)19-7-16(22(25)33-19)20(31)15-6-13(24)2-3-18(15)26;23-11-1-2-16(25)13(4-11)19(31)14-6-18(36-21(14)24)20(32)15-7-27-9-28-22(15)29-12-3-10(17(30)5-12)8-35-37(26,33)34;1-3-11-5-13(4-10(11)2)22-18-14(7-20-9-21-18)16(24)15-6-12(8-23)17(19)25-15;7-5-3-4(8)1-2-6(5)9;1-3-2;1-2-3;;;/h4-5,8-13,15,21,31H,3,6-7H2,1-2H3,(H,28,29,30);2-3,6-8,10-12,14,20,30-31H,4-5,9H2,1H3,(H,27,28,29);1-2,4,6-7,9-10,12,17,19,30-31H,3,5,8H2,(H2,26,33,34)(H,27,28,29);6-11,13H,3-5H2,1-2H3,(H,20,21,22);1-3H;3H,1-2H3;3H,2H2,1H3;1H4;1H;/q;;;;;-1;;;;+2/p-1/t12-,13-,15-,21?;11-,12+,14-,20?;10-,12-,17+,19?;10-,11-,13-;;;;;;/m0010....../s1. The zero-order valence-corrected chi connectivity index (χ0v) is 93.7. The van der Waals surface area contributed by atoms with Crippen LogP contribution in [0.1, 0.15) is 250 Å². The quantitative estimate of drug-likeness (QED) is 0.00518. The third-order valence-corrected chi connectivity index (χ3v) is 31.7. The van der Waals surface area contributed by atoms with Gasteiger partial charge in [0, 0.05) is 127 Å². The van der Waals surface area contributed by atoms with Crippen LogP contribution in [0, 0.1) is 71.1 Å². The van der Waals surface area contributed by atoms with Gasteiger partial charge in [-0.1, -0.05) is 148 Å². The molecule has 0 radical (unpaired) electrons. The van der Waals surface area contributed by atoms with Crippen molar-refractivity contribution in [3.63, 3.8) is 0 Å². The van der Waals surface area contributed by atoms with E-state index in [4.69, 9.17) is 103 Å². The second-order valence-electron chi connectivity index (χ2n) is 34.2. The van der Waals surface area contributed by atoms with Gasteiger partial charge in [0.2, 0.25) is 23.1 Å². The molecule has 0 aliphatic heterocycles. The number of hydrogen-bond acceptors (Lipinski definition) is 30. The Bertz CT molecular complexity index is 6340. The molecule has 47 heteroatoms. The predicted molar refractivity (Wildman–Crippen MR) is 572 cm³/mol. The Morgan fingerprint density at radius 1 is 0.473 bits per heavy atom. The third kappa shape index (κ3) is 34.5. The van der Waals surface area contributed by atoms with Crippen molar-refractivity contribution < 1.29 is 102 Å². The second kappa shape index (κ2) is 59.8. The van der Waals surface area contributed by atoms with Crippen molar-refractivity contribution in [2.45, 2.75) is 176 Å². The first kappa shape index (κ1) is 126. The molecule has 782 valence electrons. The average Bonchev–Trinajstić information content (AvgIpc) is 1.66.